The lowest BCUT2D eigenvalue weighted by Gasteiger charge is -2.21. The predicted molar refractivity (Wildman–Crippen MR) is 97.6 cm³/mol. The zero-order chi connectivity index (χ0) is 19.7. The fourth-order valence-electron chi connectivity index (χ4n) is 2.11. The number of nitrogens with one attached hydrogen (secondary N) is 2. The Morgan fingerprint density at radius 1 is 1.08 bits per heavy atom. The third kappa shape index (κ3) is 7.63. The molecule has 1 aromatic carbocycles. The van der Waals surface area contributed by atoms with Crippen molar-refractivity contribution in [3.05, 3.63) is 35.6 Å². The second-order valence-corrected chi connectivity index (χ2v) is 7.07. The Balaban J connectivity index is 2.39. The van der Waals surface area contributed by atoms with Crippen molar-refractivity contribution >= 4 is 17.7 Å². The van der Waals surface area contributed by atoms with Gasteiger partial charge < -0.3 is 15.5 Å². The smallest absolute Gasteiger partial charge is 0.239 e. The molecule has 0 fully saturated rings. The topological polar surface area (TPSA) is 78.5 Å². The minimum Gasteiger partial charge on any atom is -0.355 e. The van der Waals surface area contributed by atoms with E-state index < -0.39 is 5.41 Å². The summed E-state index contributed by atoms with van der Waals surface area (Å²) < 4.78 is 12.9. The number of halogens is 1. The number of amides is 3. The fraction of sp³-hybridized carbons (Fsp3) is 0.526. The van der Waals surface area contributed by atoms with Crippen LogP contribution in [0.3, 0.4) is 0 Å². The standard InChI is InChI=1S/C19H28FN3O3/c1-5-23(17(25)10-11-21-18(26)19(2,3)4)13-16(24)22-12-14-6-8-15(20)9-7-14/h6-9H,5,10-13H2,1-4H3,(H,21,26)(H,22,24). The van der Waals surface area contributed by atoms with Crippen LogP contribution in [0, 0.1) is 11.2 Å². The maximum absolute atomic E-state index is 12.9. The number of hydrogen-bond acceptors (Lipinski definition) is 3. The zero-order valence-electron chi connectivity index (χ0n) is 15.9. The summed E-state index contributed by atoms with van der Waals surface area (Å²) in [4.78, 5) is 37.4. The lowest BCUT2D eigenvalue weighted by molar-refractivity contribution is -0.136. The van der Waals surface area contributed by atoms with Crippen molar-refractivity contribution in [2.75, 3.05) is 19.6 Å². The molecule has 1 rings (SSSR count). The molecular weight excluding hydrogens is 337 g/mol. The van der Waals surface area contributed by atoms with Crippen molar-refractivity contribution in [1.82, 2.24) is 15.5 Å². The van der Waals surface area contributed by atoms with E-state index in [9.17, 15) is 18.8 Å². The molecule has 26 heavy (non-hydrogen) atoms. The highest BCUT2D eigenvalue weighted by Gasteiger charge is 2.21. The Kier molecular flexibility index (Phi) is 8.22. The first-order valence-corrected chi connectivity index (χ1v) is 8.70. The van der Waals surface area contributed by atoms with Gasteiger partial charge in [-0.15, -0.1) is 0 Å². The molecule has 2 N–H and O–H groups in total. The summed E-state index contributed by atoms with van der Waals surface area (Å²) in [6.45, 7) is 8.05. The largest absolute Gasteiger partial charge is 0.355 e. The second kappa shape index (κ2) is 9.89. The molecule has 0 aliphatic carbocycles. The van der Waals surface area contributed by atoms with Gasteiger partial charge >= 0.3 is 0 Å². The minimum atomic E-state index is -0.506. The number of carbonyl (C=O) groups excluding carboxylic acids is 3. The summed E-state index contributed by atoms with van der Waals surface area (Å²) in [6.07, 6.45) is 0.140. The predicted octanol–water partition coefficient (Wildman–Crippen LogP) is 1.84. The third-order valence-electron chi connectivity index (χ3n) is 3.78. The van der Waals surface area contributed by atoms with Crippen molar-refractivity contribution in [2.24, 2.45) is 5.41 Å². The molecule has 7 heteroatoms. The first kappa shape index (κ1) is 21.6. The summed E-state index contributed by atoms with van der Waals surface area (Å²) in [5.74, 6) is -0.936. The molecule has 0 aromatic heterocycles. The highest BCUT2D eigenvalue weighted by molar-refractivity contribution is 5.85. The molecule has 0 saturated heterocycles. The number of benzene rings is 1. The van der Waals surface area contributed by atoms with E-state index in [4.69, 9.17) is 0 Å². The quantitative estimate of drug-likeness (QED) is 0.738. The van der Waals surface area contributed by atoms with Gasteiger partial charge in [0.1, 0.15) is 5.82 Å². The maximum Gasteiger partial charge on any atom is 0.239 e. The van der Waals surface area contributed by atoms with E-state index in [1.165, 1.54) is 17.0 Å². The Hall–Kier alpha value is -2.44. The Morgan fingerprint density at radius 3 is 2.23 bits per heavy atom. The van der Waals surface area contributed by atoms with Crippen LogP contribution in [0.4, 0.5) is 4.39 Å². The van der Waals surface area contributed by atoms with E-state index >= 15 is 0 Å². The van der Waals surface area contributed by atoms with Crippen LogP contribution in [-0.2, 0) is 20.9 Å². The molecular formula is C19H28FN3O3. The van der Waals surface area contributed by atoms with Gasteiger partial charge in [0, 0.05) is 31.5 Å². The molecule has 3 amide bonds. The Labute approximate surface area is 154 Å². The van der Waals surface area contributed by atoms with Crippen LogP contribution in [0.1, 0.15) is 39.7 Å². The zero-order valence-corrected chi connectivity index (χ0v) is 15.9. The van der Waals surface area contributed by atoms with E-state index in [2.05, 4.69) is 10.6 Å². The van der Waals surface area contributed by atoms with Crippen molar-refractivity contribution in [1.29, 1.82) is 0 Å². The van der Waals surface area contributed by atoms with E-state index in [1.807, 2.05) is 0 Å². The van der Waals surface area contributed by atoms with E-state index in [-0.39, 0.29) is 49.6 Å². The molecule has 1 aromatic rings. The minimum absolute atomic E-state index is 0.0518. The summed E-state index contributed by atoms with van der Waals surface area (Å²) in [6, 6.07) is 5.84. The van der Waals surface area contributed by atoms with Crippen LogP contribution in [0.5, 0.6) is 0 Å². The number of carbonyl (C=O) groups is 3. The molecule has 0 radical (unpaired) electrons. The van der Waals surface area contributed by atoms with Gasteiger partial charge in [0.15, 0.2) is 0 Å². The molecule has 0 spiro atoms. The van der Waals surface area contributed by atoms with Gasteiger partial charge in [-0.05, 0) is 24.6 Å². The molecule has 0 bridgehead atoms. The molecule has 0 unspecified atom stereocenters. The second-order valence-electron chi connectivity index (χ2n) is 7.07. The van der Waals surface area contributed by atoms with Gasteiger partial charge in [-0.2, -0.15) is 0 Å². The van der Waals surface area contributed by atoms with Crippen molar-refractivity contribution in [3.63, 3.8) is 0 Å². The van der Waals surface area contributed by atoms with Crippen molar-refractivity contribution in [3.8, 4) is 0 Å². The van der Waals surface area contributed by atoms with Gasteiger partial charge in [-0.1, -0.05) is 32.9 Å². The summed E-state index contributed by atoms with van der Waals surface area (Å²) in [5.41, 5.74) is 0.271. The third-order valence-corrected chi connectivity index (χ3v) is 3.78. The Bertz CT molecular complexity index is 624. The summed E-state index contributed by atoms with van der Waals surface area (Å²) in [7, 11) is 0. The molecule has 0 heterocycles. The van der Waals surface area contributed by atoms with Crippen LogP contribution in [0.25, 0.3) is 0 Å². The van der Waals surface area contributed by atoms with Gasteiger partial charge in [-0.3, -0.25) is 14.4 Å². The average Bonchev–Trinajstić information content (AvgIpc) is 2.58. The lowest BCUT2D eigenvalue weighted by atomic mass is 9.96. The van der Waals surface area contributed by atoms with Gasteiger partial charge in [-0.25, -0.2) is 4.39 Å². The van der Waals surface area contributed by atoms with Crippen LogP contribution >= 0.6 is 0 Å². The fourth-order valence-corrected chi connectivity index (χ4v) is 2.11. The van der Waals surface area contributed by atoms with Crippen molar-refractivity contribution < 1.29 is 18.8 Å². The molecule has 6 nitrogen and oxygen atoms in total. The number of hydrogen-bond donors (Lipinski definition) is 2. The van der Waals surface area contributed by atoms with E-state index in [0.717, 1.165) is 5.56 Å². The van der Waals surface area contributed by atoms with Crippen LogP contribution in [-0.4, -0.2) is 42.3 Å². The highest BCUT2D eigenvalue weighted by Crippen LogP contribution is 2.12. The SMILES string of the molecule is CCN(CC(=O)NCc1ccc(F)cc1)C(=O)CCNC(=O)C(C)(C)C. The van der Waals surface area contributed by atoms with Gasteiger partial charge in [0.05, 0.1) is 6.54 Å². The van der Waals surface area contributed by atoms with Crippen LogP contribution < -0.4 is 10.6 Å². The summed E-state index contributed by atoms with van der Waals surface area (Å²) in [5, 5.41) is 5.43. The van der Waals surface area contributed by atoms with Crippen LogP contribution in [0.2, 0.25) is 0 Å². The first-order valence-electron chi connectivity index (χ1n) is 8.70. The highest BCUT2D eigenvalue weighted by atomic mass is 19.1. The number of rotatable bonds is 8. The molecule has 0 aliphatic rings. The van der Waals surface area contributed by atoms with Gasteiger partial charge in [0.25, 0.3) is 0 Å². The molecule has 0 aliphatic heterocycles. The average molecular weight is 365 g/mol. The van der Waals surface area contributed by atoms with Crippen molar-refractivity contribution in [2.45, 2.75) is 40.7 Å². The maximum atomic E-state index is 12.9. The molecule has 0 saturated carbocycles. The molecule has 144 valence electrons. The molecule has 0 atom stereocenters. The van der Waals surface area contributed by atoms with Gasteiger partial charge in [0.2, 0.25) is 17.7 Å². The normalized spacial score (nSPS) is 11.0. The van der Waals surface area contributed by atoms with E-state index in [0.29, 0.717) is 6.54 Å². The van der Waals surface area contributed by atoms with E-state index in [1.54, 1.807) is 39.8 Å². The van der Waals surface area contributed by atoms with Crippen LogP contribution in [0.15, 0.2) is 24.3 Å². The monoisotopic (exact) mass is 365 g/mol. The Morgan fingerprint density at radius 2 is 1.69 bits per heavy atom. The number of likely N-dealkylation sites (N-methyl/N-ethyl adjacent to an activating group) is 1. The summed E-state index contributed by atoms with van der Waals surface area (Å²) >= 11 is 0. The number of nitrogens with zero attached hydrogens (tertiary/aromatic N) is 1. The first-order chi connectivity index (χ1) is 12.1. The lowest BCUT2D eigenvalue weighted by Crippen LogP contribution is -2.42.